The Kier molecular flexibility index (Phi) is 4.16. The Morgan fingerprint density at radius 3 is 2.87 bits per heavy atom. The number of nitrogens with zero attached hydrogens (tertiary/aromatic N) is 5. The number of fused-ring (bicyclic) bond motifs is 1. The molecule has 6 heteroatoms. The third-order valence-electron chi connectivity index (χ3n) is 7.74. The highest BCUT2D eigenvalue weighted by Crippen LogP contribution is 2.56. The van der Waals surface area contributed by atoms with Gasteiger partial charge in [-0.1, -0.05) is 42.2 Å². The van der Waals surface area contributed by atoms with Crippen LogP contribution in [0.25, 0.3) is 5.69 Å². The number of benzene rings is 2. The topological polar surface area (TPSA) is 56.1 Å². The molecule has 1 unspecified atom stereocenters. The van der Waals surface area contributed by atoms with Crippen LogP contribution in [0.1, 0.15) is 43.2 Å². The number of piperidine rings is 1. The quantitative estimate of drug-likeness (QED) is 0.660. The third-order valence-corrected chi connectivity index (χ3v) is 7.74. The first-order valence-electron chi connectivity index (χ1n) is 11.1. The molecule has 2 aliphatic carbocycles. The van der Waals surface area contributed by atoms with Crippen LogP contribution < -0.4 is 4.74 Å². The van der Waals surface area contributed by atoms with Crippen LogP contribution in [0.15, 0.2) is 48.5 Å². The van der Waals surface area contributed by atoms with Crippen molar-refractivity contribution in [1.29, 1.82) is 0 Å². The molecule has 2 fully saturated rings. The monoisotopic (exact) mass is 401 g/mol. The lowest BCUT2D eigenvalue weighted by atomic mass is 9.52. The molecule has 2 bridgehead atoms. The number of ether oxygens (including phenoxy) is 1. The summed E-state index contributed by atoms with van der Waals surface area (Å²) in [6.45, 7) is 1.19. The van der Waals surface area contributed by atoms with E-state index in [2.05, 4.69) is 45.7 Å². The van der Waals surface area contributed by atoms with Gasteiger partial charge in [0.1, 0.15) is 5.75 Å². The average molecular weight is 402 g/mol. The molecule has 0 N–H and O–H groups in total. The van der Waals surface area contributed by atoms with Crippen molar-refractivity contribution in [2.75, 3.05) is 13.6 Å². The van der Waals surface area contributed by atoms with Crippen molar-refractivity contribution in [1.82, 2.24) is 25.1 Å². The van der Waals surface area contributed by atoms with E-state index in [4.69, 9.17) is 4.74 Å². The van der Waals surface area contributed by atoms with Gasteiger partial charge in [-0.15, -0.1) is 0 Å². The third kappa shape index (κ3) is 2.70. The van der Waals surface area contributed by atoms with Gasteiger partial charge in [0.05, 0.1) is 5.69 Å². The molecule has 30 heavy (non-hydrogen) atoms. The number of para-hydroxylation sites is 1. The summed E-state index contributed by atoms with van der Waals surface area (Å²) in [7, 11) is 2.31. The summed E-state index contributed by atoms with van der Waals surface area (Å²) in [6.07, 6.45) is 7.77. The van der Waals surface area contributed by atoms with Crippen molar-refractivity contribution in [2.24, 2.45) is 5.92 Å². The van der Waals surface area contributed by atoms with Crippen LogP contribution in [-0.2, 0) is 11.8 Å². The molecule has 1 aliphatic heterocycles. The van der Waals surface area contributed by atoms with E-state index in [1.807, 2.05) is 30.3 Å². The molecule has 154 valence electrons. The summed E-state index contributed by atoms with van der Waals surface area (Å²) in [6, 6.07) is 17.6. The molecule has 1 saturated carbocycles. The number of hydrogen-bond acceptors (Lipinski definition) is 5. The van der Waals surface area contributed by atoms with E-state index in [-0.39, 0.29) is 0 Å². The SMILES string of the molecule is CN1CC[C@@]23CCCCC2[C@H]1Cc1ccc(Oc2nnnn2-c2ccccc2)cc13. The van der Waals surface area contributed by atoms with Crippen LogP contribution in [0.4, 0.5) is 0 Å². The average Bonchev–Trinajstić information content (AvgIpc) is 3.25. The van der Waals surface area contributed by atoms with Crippen molar-refractivity contribution in [3.63, 3.8) is 0 Å². The molecule has 3 atom stereocenters. The smallest absolute Gasteiger partial charge is 0.345 e. The number of hydrogen-bond donors (Lipinski definition) is 0. The van der Waals surface area contributed by atoms with Gasteiger partial charge in [0.2, 0.25) is 0 Å². The molecule has 6 nitrogen and oxygen atoms in total. The highest BCUT2D eigenvalue weighted by atomic mass is 16.5. The summed E-state index contributed by atoms with van der Waals surface area (Å²) in [4.78, 5) is 2.61. The van der Waals surface area contributed by atoms with Crippen LogP contribution in [0, 0.1) is 5.92 Å². The first-order chi connectivity index (χ1) is 14.7. The molecular formula is C24H27N5O. The summed E-state index contributed by atoms with van der Waals surface area (Å²) >= 11 is 0. The van der Waals surface area contributed by atoms with E-state index in [0.29, 0.717) is 17.5 Å². The number of likely N-dealkylation sites (N-methyl/N-ethyl adjacent to an activating group) is 1. The van der Waals surface area contributed by atoms with E-state index < -0.39 is 0 Å². The second-order valence-corrected chi connectivity index (χ2v) is 9.14. The van der Waals surface area contributed by atoms with Gasteiger partial charge in [0.25, 0.3) is 0 Å². The van der Waals surface area contributed by atoms with Gasteiger partial charge in [0.15, 0.2) is 0 Å². The van der Waals surface area contributed by atoms with Crippen molar-refractivity contribution >= 4 is 0 Å². The van der Waals surface area contributed by atoms with Crippen LogP contribution in [-0.4, -0.2) is 44.7 Å². The Morgan fingerprint density at radius 1 is 1.07 bits per heavy atom. The predicted molar refractivity (Wildman–Crippen MR) is 114 cm³/mol. The molecule has 3 aliphatic rings. The standard InChI is InChI=1S/C24H27N5O/c1-28-14-13-24-12-6-5-9-20(24)22(28)15-17-10-11-19(16-21(17)24)30-23-25-26-27-29(23)18-7-3-2-4-8-18/h2-4,7-8,10-11,16,20,22H,5-6,9,12-15H2,1H3/t20?,22-,24+/m1/s1. The fourth-order valence-electron chi connectivity index (χ4n) is 6.32. The molecule has 6 rings (SSSR count). The van der Waals surface area contributed by atoms with Crippen molar-refractivity contribution in [3.05, 3.63) is 59.7 Å². The first kappa shape index (κ1) is 18.1. The molecule has 2 heterocycles. The Labute approximate surface area is 176 Å². The minimum absolute atomic E-state index is 0.313. The lowest BCUT2D eigenvalue weighted by Crippen LogP contribution is -2.59. The Morgan fingerprint density at radius 2 is 1.97 bits per heavy atom. The maximum atomic E-state index is 6.22. The fourth-order valence-corrected chi connectivity index (χ4v) is 6.32. The number of tetrazole rings is 1. The van der Waals surface area contributed by atoms with Crippen molar-refractivity contribution < 1.29 is 4.74 Å². The van der Waals surface area contributed by atoms with Crippen LogP contribution >= 0.6 is 0 Å². The zero-order valence-corrected chi connectivity index (χ0v) is 17.4. The molecule has 1 aromatic heterocycles. The second-order valence-electron chi connectivity index (χ2n) is 9.14. The number of rotatable bonds is 3. The van der Waals surface area contributed by atoms with Crippen molar-refractivity contribution in [2.45, 2.75) is 50.0 Å². The largest absolute Gasteiger partial charge is 0.423 e. The molecule has 0 amide bonds. The lowest BCUT2D eigenvalue weighted by molar-refractivity contribution is 0.00275. The van der Waals surface area contributed by atoms with E-state index in [1.54, 1.807) is 4.68 Å². The lowest BCUT2D eigenvalue weighted by Gasteiger charge is -2.58. The van der Waals surface area contributed by atoms with Gasteiger partial charge in [-0.2, -0.15) is 4.68 Å². The maximum Gasteiger partial charge on any atom is 0.345 e. The van der Waals surface area contributed by atoms with Crippen LogP contribution in [0.5, 0.6) is 11.8 Å². The normalized spacial score (nSPS) is 27.9. The van der Waals surface area contributed by atoms with Gasteiger partial charge in [-0.05, 0) is 91.0 Å². The zero-order valence-electron chi connectivity index (χ0n) is 17.4. The van der Waals surface area contributed by atoms with Gasteiger partial charge in [0, 0.05) is 11.5 Å². The Balaban J connectivity index is 1.38. The summed E-state index contributed by atoms with van der Waals surface area (Å²) in [5.74, 6) is 1.60. The van der Waals surface area contributed by atoms with Crippen LogP contribution in [0.2, 0.25) is 0 Å². The van der Waals surface area contributed by atoms with E-state index in [1.165, 1.54) is 49.8 Å². The predicted octanol–water partition coefficient (Wildman–Crippen LogP) is 4.14. The zero-order chi connectivity index (χ0) is 20.1. The minimum atomic E-state index is 0.313. The van der Waals surface area contributed by atoms with E-state index in [9.17, 15) is 0 Å². The number of aromatic nitrogens is 4. The fraction of sp³-hybridized carbons (Fsp3) is 0.458. The molecular weight excluding hydrogens is 374 g/mol. The first-order valence-corrected chi connectivity index (χ1v) is 11.1. The molecule has 3 aromatic rings. The summed E-state index contributed by atoms with van der Waals surface area (Å²) < 4.78 is 7.87. The summed E-state index contributed by atoms with van der Waals surface area (Å²) in [5, 5.41) is 12.1. The molecule has 0 spiro atoms. The molecule has 1 saturated heterocycles. The second kappa shape index (κ2) is 6.91. The van der Waals surface area contributed by atoms with E-state index >= 15 is 0 Å². The minimum Gasteiger partial charge on any atom is -0.423 e. The van der Waals surface area contributed by atoms with Gasteiger partial charge >= 0.3 is 6.01 Å². The highest BCUT2D eigenvalue weighted by molar-refractivity contribution is 5.46. The maximum absolute atomic E-state index is 6.22. The van der Waals surface area contributed by atoms with E-state index in [0.717, 1.165) is 23.8 Å². The van der Waals surface area contributed by atoms with Gasteiger partial charge < -0.3 is 9.64 Å². The highest BCUT2D eigenvalue weighted by Gasteiger charge is 2.53. The Hall–Kier alpha value is -2.73. The number of likely N-dealkylation sites (tertiary alicyclic amines) is 1. The van der Waals surface area contributed by atoms with Crippen LogP contribution in [0.3, 0.4) is 0 Å². The van der Waals surface area contributed by atoms with Crippen molar-refractivity contribution in [3.8, 4) is 17.4 Å². The van der Waals surface area contributed by atoms with Gasteiger partial charge in [-0.25, -0.2) is 0 Å². The molecule has 0 radical (unpaired) electrons. The summed E-state index contributed by atoms with van der Waals surface area (Å²) in [5.41, 5.74) is 4.22. The van der Waals surface area contributed by atoms with Gasteiger partial charge in [-0.3, -0.25) is 0 Å². The molecule has 2 aromatic carbocycles. The Bertz CT molecular complexity index is 1060.